The lowest BCUT2D eigenvalue weighted by Gasteiger charge is -2.34. The highest BCUT2D eigenvalue weighted by Crippen LogP contribution is 2.25. The van der Waals surface area contributed by atoms with Crippen LogP contribution in [0.1, 0.15) is 26.2 Å². The van der Waals surface area contributed by atoms with Crippen molar-refractivity contribution >= 4 is 5.91 Å². The normalized spacial score (nSPS) is 32.6. The monoisotopic (exact) mass is 326 g/mol. The van der Waals surface area contributed by atoms with E-state index >= 15 is 0 Å². The summed E-state index contributed by atoms with van der Waals surface area (Å²) in [6, 6.07) is 0.478. The number of likely N-dealkylation sites (tertiary alicyclic amines) is 1. The average molecular weight is 326 g/mol. The van der Waals surface area contributed by atoms with Crippen LogP contribution >= 0.6 is 0 Å². The van der Waals surface area contributed by atoms with E-state index in [1.807, 2.05) is 4.90 Å². The Bertz CT molecular complexity index is 381. The Morgan fingerprint density at radius 2 is 2.04 bits per heavy atom. The lowest BCUT2D eigenvalue weighted by molar-refractivity contribution is -0.136. The predicted octanol–water partition coefficient (Wildman–Crippen LogP) is 0.751. The van der Waals surface area contributed by atoms with E-state index in [1.54, 1.807) is 0 Å². The summed E-state index contributed by atoms with van der Waals surface area (Å²) in [6.45, 7) is 9.07. The molecule has 23 heavy (non-hydrogen) atoms. The van der Waals surface area contributed by atoms with Gasteiger partial charge in [0.1, 0.15) is 6.61 Å². The summed E-state index contributed by atoms with van der Waals surface area (Å²) in [4.78, 5) is 16.9. The number of rotatable bonds is 6. The fraction of sp³-hybridized carbons (Fsp3) is 0.941. The van der Waals surface area contributed by atoms with Crippen LogP contribution < -0.4 is 0 Å². The molecule has 3 aliphatic rings. The van der Waals surface area contributed by atoms with Crippen LogP contribution in [-0.4, -0.2) is 87.1 Å². The van der Waals surface area contributed by atoms with Crippen molar-refractivity contribution in [3.63, 3.8) is 0 Å². The Kier molecular flexibility index (Phi) is 6.28. The molecule has 0 radical (unpaired) electrons. The van der Waals surface area contributed by atoms with Crippen LogP contribution in [0.5, 0.6) is 0 Å². The second kappa shape index (κ2) is 8.42. The molecule has 6 nitrogen and oxygen atoms in total. The van der Waals surface area contributed by atoms with E-state index in [-0.39, 0.29) is 18.6 Å². The van der Waals surface area contributed by atoms with Crippen molar-refractivity contribution in [3.05, 3.63) is 0 Å². The first-order valence-corrected chi connectivity index (χ1v) is 9.07. The molecule has 0 bridgehead atoms. The van der Waals surface area contributed by atoms with Gasteiger partial charge in [0.2, 0.25) is 5.91 Å². The summed E-state index contributed by atoms with van der Waals surface area (Å²) < 4.78 is 16.6. The molecular formula is C17H30N2O4. The first kappa shape index (κ1) is 17.1. The van der Waals surface area contributed by atoms with Gasteiger partial charge in [0.15, 0.2) is 0 Å². The van der Waals surface area contributed by atoms with E-state index in [0.717, 1.165) is 65.3 Å². The molecule has 3 saturated heterocycles. The number of nitrogens with zero attached hydrogens (tertiary/aromatic N) is 2. The molecule has 0 aromatic heterocycles. The second-order valence-corrected chi connectivity index (χ2v) is 6.83. The number of ether oxygens (including phenoxy) is 3. The third kappa shape index (κ3) is 4.44. The number of morpholine rings is 1. The van der Waals surface area contributed by atoms with Crippen LogP contribution in [-0.2, 0) is 19.0 Å². The van der Waals surface area contributed by atoms with Crippen LogP contribution in [0, 0.1) is 5.92 Å². The van der Waals surface area contributed by atoms with Gasteiger partial charge in [-0.15, -0.1) is 0 Å². The van der Waals surface area contributed by atoms with Gasteiger partial charge in [-0.25, -0.2) is 0 Å². The summed E-state index contributed by atoms with van der Waals surface area (Å²) >= 11 is 0. The maximum Gasteiger partial charge on any atom is 0.248 e. The van der Waals surface area contributed by atoms with Crippen molar-refractivity contribution in [1.29, 1.82) is 0 Å². The fourth-order valence-electron chi connectivity index (χ4n) is 3.93. The molecular weight excluding hydrogens is 296 g/mol. The molecule has 0 aliphatic carbocycles. The highest BCUT2D eigenvalue weighted by molar-refractivity contribution is 5.77. The van der Waals surface area contributed by atoms with E-state index in [1.165, 1.54) is 0 Å². The largest absolute Gasteiger partial charge is 0.379 e. The highest BCUT2D eigenvalue weighted by Gasteiger charge is 2.38. The maximum absolute atomic E-state index is 12.4. The number of hydrogen-bond donors (Lipinski definition) is 0. The standard InChI is InChI=1S/C17H30N2O4/c1-2-14-10-19(11-16(14)18-5-8-21-9-6-18)17(20)13-22-12-15-4-3-7-23-15/h14-16H,2-13H2,1H3/t14-,15+,16-/m1/s1. The van der Waals surface area contributed by atoms with Crippen LogP contribution in [0.15, 0.2) is 0 Å². The van der Waals surface area contributed by atoms with Crippen molar-refractivity contribution in [3.8, 4) is 0 Å². The minimum Gasteiger partial charge on any atom is -0.379 e. The number of amides is 1. The molecule has 3 atom stereocenters. The van der Waals surface area contributed by atoms with Crippen molar-refractivity contribution in [2.75, 3.05) is 59.2 Å². The average Bonchev–Trinajstić information content (AvgIpc) is 3.25. The van der Waals surface area contributed by atoms with Crippen LogP contribution in [0.4, 0.5) is 0 Å². The molecule has 1 amide bonds. The number of carbonyl (C=O) groups is 1. The molecule has 3 heterocycles. The fourth-order valence-corrected chi connectivity index (χ4v) is 3.93. The smallest absolute Gasteiger partial charge is 0.248 e. The lowest BCUT2D eigenvalue weighted by atomic mass is 9.99. The quantitative estimate of drug-likeness (QED) is 0.721. The molecule has 3 rings (SSSR count). The van der Waals surface area contributed by atoms with Crippen molar-refractivity contribution in [2.45, 2.75) is 38.3 Å². The van der Waals surface area contributed by atoms with Gasteiger partial charge in [-0.3, -0.25) is 9.69 Å². The summed E-state index contributed by atoms with van der Waals surface area (Å²) in [5.74, 6) is 0.687. The first-order chi connectivity index (χ1) is 11.3. The molecule has 132 valence electrons. The van der Waals surface area contributed by atoms with Gasteiger partial charge < -0.3 is 19.1 Å². The number of carbonyl (C=O) groups excluding carboxylic acids is 1. The highest BCUT2D eigenvalue weighted by atomic mass is 16.5. The van der Waals surface area contributed by atoms with Gasteiger partial charge in [0.25, 0.3) is 0 Å². The SMILES string of the molecule is CC[C@@H]1CN(C(=O)COC[C@@H]2CCCO2)C[C@H]1N1CCOCC1. The Balaban J connectivity index is 1.44. The van der Waals surface area contributed by atoms with Crippen molar-refractivity contribution < 1.29 is 19.0 Å². The molecule has 6 heteroatoms. The van der Waals surface area contributed by atoms with Crippen molar-refractivity contribution in [1.82, 2.24) is 9.80 Å². The van der Waals surface area contributed by atoms with E-state index in [0.29, 0.717) is 18.6 Å². The van der Waals surface area contributed by atoms with Gasteiger partial charge in [-0.2, -0.15) is 0 Å². The third-order valence-corrected chi connectivity index (χ3v) is 5.35. The Morgan fingerprint density at radius 1 is 1.22 bits per heavy atom. The molecule has 0 aromatic carbocycles. The summed E-state index contributed by atoms with van der Waals surface area (Å²) in [7, 11) is 0. The lowest BCUT2D eigenvalue weighted by Crippen LogP contribution is -2.47. The zero-order chi connectivity index (χ0) is 16.1. The zero-order valence-electron chi connectivity index (χ0n) is 14.2. The van der Waals surface area contributed by atoms with E-state index in [2.05, 4.69) is 11.8 Å². The predicted molar refractivity (Wildman–Crippen MR) is 86.3 cm³/mol. The minimum absolute atomic E-state index is 0.122. The van der Waals surface area contributed by atoms with E-state index in [4.69, 9.17) is 14.2 Å². The molecule has 0 aromatic rings. The van der Waals surface area contributed by atoms with Crippen LogP contribution in [0.2, 0.25) is 0 Å². The van der Waals surface area contributed by atoms with Gasteiger partial charge in [-0.05, 0) is 18.8 Å². The molecule has 0 unspecified atom stereocenters. The molecule has 0 spiro atoms. The Morgan fingerprint density at radius 3 is 2.74 bits per heavy atom. The molecule has 0 N–H and O–H groups in total. The Hall–Kier alpha value is -0.690. The van der Waals surface area contributed by atoms with E-state index < -0.39 is 0 Å². The van der Waals surface area contributed by atoms with Crippen LogP contribution in [0.25, 0.3) is 0 Å². The third-order valence-electron chi connectivity index (χ3n) is 5.35. The zero-order valence-corrected chi connectivity index (χ0v) is 14.2. The molecule has 3 fully saturated rings. The Labute approximate surface area is 139 Å². The first-order valence-electron chi connectivity index (χ1n) is 9.07. The molecule has 3 aliphatic heterocycles. The maximum atomic E-state index is 12.4. The summed E-state index contributed by atoms with van der Waals surface area (Å²) in [5.41, 5.74) is 0. The summed E-state index contributed by atoms with van der Waals surface area (Å²) in [6.07, 6.45) is 3.45. The number of hydrogen-bond acceptors (Lipinski definition) is 5. The van der Waals surface area contributed by atoms with Gasteiger partial charge in [-0.1, -0.05) is 13.3 Å². The van der Waals surface area contributed by atoms with E-state index in [9.17, 15) is 4.79 Å². The van der Waals surface area contributed by atoms with Crippen LogP contribution in [0.3, 0.4) is 0 Å². The minimum atomic E-state index is 0.122. The van der Waals surface area contributed by atoms with Gasteiger partial charge >= 0.3 is 0 Å². The molecule has 0 saturated carbocycles. The second-order valence-electron chi connectivity index (χ2n) is 6.83. The van der Waals surface area contributed by atoms with Gasteiger partial charge in [0, 0.05) is 38.8 Å². The summed E-state index contributed by atoms with van der Waals surface area (Å²) in [5, 5.41) is 0. The van der Waals surface area contributed by atoms with Crippen molar-refractivity contribution in [2.24, 2.45) is 5.92 Å². The van der Waals surface area contributed by atoms with Gasteiger partial charge in [0.05, 0.1) is 25.9 Å². The topological polar surface area (TPSA) is 51.2 Å².